The number of methoxy groups -OCH3 is 1. The average molecular weight is 399 g/mol. The molecule has 0 aliphatic carbocycles. The first-order valence-electron chi connectivity index (χ1n) is 8.61. The van der Waals surface area contributed by atoms with Crippen LogP contribution >= 0.6 is 11.3 Å². The second-order valence-electron chi connectivity index (χ2n) is 6.28. The third-order valence-corrected chi connectivity index (χ3v) is 5.07. The molecule has 0 bridgehead atoms. The summed E-state index contributed by atoms with van der Waals surface area (Å²) >= 11 is 1.28. The van der Waals surface area contributed by atoms with Gasteiger partial charge in [0.1, 0.15) is 11.3 Å². The van der Waals surface area contributed by atoms with Crippen molar-refractivity contribution in [1.82, 2.24) is 10.3 Å². The number of amides is 2. The lowest BCUT2D eigenvalue weighted by Crippen LogP contribution is -2.20. The van der Waals surface area contributed by atoms with E-state index in [1.54, 1.807) is 25.8 Å². The van der Waals surface area contributed by atoms with Gasteiger partial charge in [-0.2, -0.15) is 0 Å². The third-order valence-electron chi connectivity index (χ3n) is 4.26. The zero-order valence-electron chi connectivity index (χ0n) is 16.1. The molecule has 1 aromatic carbocycles. The lowest BCUT2D eigenvalue weighted by atomic mass is 10.0. The number of aromatic nitrogens is 1. The maximum atomic E-state index is 12.4. The topological polar surface area (TPSA) is 93.5 Å². The summed E-state index contributed by atoms with van der Waals surface area (Å²) in [6, 6.07) is 3.77. The number of rotatable bonds is 6. The number of nitrogens with one attached hydrogen (secondary N) is 2. The number of allylic oxidation sites excluding steroid dienone is 1. The Hall–Kier alpha value is -3.13. The normalized spacial score (nSPS) is 11.5. The van der Waals surface area contributed by atoms with Gasteiger partial charge in [-0.25, -0.2) is 4.98 Å². The summed E-state index contributed by atoms with van der Waals surface area (Å²) in [7, 11) is 3.15. The molecule has 0 fully saturated rings. The van der Waals surface area contributed by atoms with E-state index in [4.69, 9.17) is 9.15 Å². The van der Waals surface area contributed by atoms with E-state index in [9.17, 15) is 9.59 Å². The van der Waals surface area contributed by atoms with Crippen molar-refractivity contribution in [1.29, 1.82) is 0 Å². The van der Waals surface area contributed by atoms with Gasteiger partial charge in [0.15, 0.2) is 5.13 Å². The fourth-order valence-corrected chi connectivity index (χ4v) is 3.49. The predicted molar refractivity (Wildman–Crippen MR) is 110 cm³/mol. The Morgan fingerprint density at radius 1 is 1.36 bits per heavy atom. The molecule has 0 atom stereocenters. The summed E-state index contributed by atoms with van der Waals surface area (Å²) in [5.74, 6) is 0.200. The van der Waals surface area contributed by atoms with Crippen molar-refractivity contribution in [2.24, 2.45) is 0 Å². The molecule has 0 aliphatic heterocycles. The maximum Gasteiger partial charge on any atom is 0.250 e. The lowest BCUT2D eigenvalue weighted by Gasteiger charge is -2.09. The SMILES string of the molecule is CNC(=O)Cc1csc(NC(=O)/C=C(\C)c2cc3c(C)coc3cc2OC)n1. The minimum Gasteiger partial charge on any atom is -0.496 e. The number of furan rings is 1. The van der Waals surface area contributed by atoms with Crippen molar-refractivity contribution in [2.75, 3.05) is 19.5 Å². The molecule has 0 radical (unpaired) electrons. The number of likely N-dealkylation sites (N-methyl/N-ethyl adjacent to an activating group) is 1. The van der Waals surface area contributed by atoms with Gasteiger partial charge in [0.2, 0.25) is 11.8 Å². The van der Waals surface area contributed by atoms with Crippen molar-refractivity contribution < 1.29 is 18.7 Å². The zero-order valence-corrected chi connectivity index (χ0v) is 16.9. The molecule has 2 N–H and O–H groups in total. The highest BCUT2D eigenvalue weighted by atomic mass is 32.1. The van der Waals surface area contributed by atoms with E-state index >= 15 is 0 Å². The fourth-order valence-electron chi connectivity index (χ4n) is 2.77. The predicted octanol–water partition coefficient (Wildman–Crippen LogP) is 3.54. The minimum absolute atomic E-state index is 0.129. The molecule has 0 saturated heterocycles. The van der Waals surface area contributed by atoms with E-state index in [1.165, 1.54) is 17.4 Å². The average Bonchev–Trinajstić information content (AvgIpc) is 3.26. The van der Waals surface area contributed by atoms with Crippen LogP contribution in [0, 0.1) is 6.92 Å². The van der Waals surface area contributed by atoms with Crippen LogP contribution in [0.15, 0.2) is 34.3 Å². The summed E-state index contributed by atoms with van der Waals surface area (Å²) in [6.07, 6.45) is 3.37. The largest absolute Gasteiger partial charge is 0.496 e. The molecule has 7 nitrogen and oxygen atoms in total. The number of hydrogen-bond donors (Lipinski definition) is 2. The molecular weight excluding hydrogens is 378 g/mol. The number of carbonyl (C=O) groups excluding carboxylic acids is 2. The first kappa shape index (κ1) is 19.6. The highest BCUT2D eigenvalue weighted by molar-refractivity contribution is 7.14. The Morgan fingerprint density at radius 2 is 2.14 bits per heavy atom. The number of aryl methyl sites for hydroxylation is 1. The van der Waals surface area contributed by atoms with Gasteiger partial charge in [0.25, 0.3) is 0 Å². The summed E-state index contributed by atoms with van der Waals surface area (Å²) in [4.78, 5) is 28.1. The van der Waals surface area contributed by atoms with Gasteiger partial charge in [-0.1, -0.05) is 0 Å². The van der Waals surface area contributed by atoms with Crippen molar-refractivity contribution in [3.05, 3.63) is 46.7 Å². The van der Waals surface area contributed by atoms with Crippen molar-refractivity contribution in [2.45, 2.75) is 20.3 Å². The lowest BCUT2D eigenvalue weighted by molar-refractivity contribution is -0.120. The van der Waals surface area contributed by atoms with E-state index in [2.05, 4.69) is 15.6 Å². The number of ether oxygens (including phenoxy) is 1. The molecule has 2 aromatic heterocycles. The number of benzene rings is 1. The van der Waals surface area contributed by atoms with Crippen LogP contribution < -0.4 is 15.4 Å². The van der Waals surface area contributed by atoms with Gasteiger partial charge in [0, 0.05) is 35.5 Å². The molecule has 2 amide bonds. The van der Waals surface area contributed by atoms with Gasteiger partial charge in [-0.05, 0) is 31.1 Å². The molecule has 3 aromatic rings. The van der Waals surface area contributed by atoms with Crippen LogP contribution in [-0.2, 0) is 16.0 Å². The van der Waals surface area contributed by atoms with E-state index in [0.29, 0.717) is 16.6 Å². The van der Waals surface area contributed by atoms with Crippen LogP contribution in [0.2, 0.25) is 0 Å². The Kier molecular flexibility index (Phi) is 5.79. The van der Waals surface area contributed by atoms with Gasteiger partial charge in [-0.15, -0.1) is 11.3 Å². The van der Waals surface area contributed by atoms with Crippen molar-refractivity contribution >= 4 is 44.8 Å². The molecule has 0 unspecified atom stereocenters. The number of anilines is 1. The van der Waals surface area contributed by atoms with Crippen LogP contribution in [0.5, 0.6) is 5.75 Å². The van der Waals surface area contributed by atoms with Crippen LogP contribution in [0.3, 0.4) is 0 Å². The molecule has 0 spiro atoms. The fraction of sp³-hybridized carbons (Fsp3) is 0.250. The number of hydrogen-bond acceptors (Lipinski definition) is 6. The highest BCUT2D eigenvalue weighted by Crippen LogP contribution is 2.33. The first-order valence-corrected chi connectivity index (χ1v) is 9.49. The summed E-state index contributed by atoms with van der Waals surface area (Å²) in [5, 5.41) is 8.45. The van der Waals surface area contributed by atoms with Crippen molar-refractivity contribution in [3.8, 4) is 5.75 Å². The summed E-state index contributed by atoms with van der Waals surface area (Å²) < 4.78 is 11.0. The molecule has 2 heterocycles. The van der Waals surface area contributed by atoms with Gasteiger partial charge in [0.05, 0.1) is 25.5 Å². The molecule has 3 rings (SSSR count). The molecule has 28 heavy (non-hydrogen) atoms. The molecule has 0 saturated carbocycles. The molecule has 8 heteroatoms. The second kappa shape index (κ2) is 8.26. The number of nitrogens with zero attached hydrogens (tertiary/aromatic N) is 1. The van der Waals surface area contributed by atoms with Crippen LogP contribution in [0.25, 0.3) is 16.5 Å². The van der Waals surface area contributed by atoms with Crippen molar-refractivity contribution in [3.63, 3.8) is 0 Å². The highest BCUT2D eigenvalue weighted by Gasteiger charge is 2.13. The molecular formula is C20H21N3O4S. The Balaban J connectivity index is 1.79. The number of thiazole rings is 1. The monoisotopic (exact) mass is 399 g/mol. The Morgan fingerprint density at radius 3 is 2.86 bits per heavy atom. The number of carbonyl (C=O) groups is 2. The number of fused-ring (bicyclic) bond motifs is 1. The minimum atomic E-state index is -0.301. The Labute approximate surface area is 166 Å². The van der Waals surface area contributed by atoms with Crippen LogP contribution in [-0.4, -0.2) is 31.0 Å². The summed E-state index contributed by atoms with van der Waals surface area (Å²) in [6.45, 7) is 3.81. The third kappa shape index (κ3) is 4.23. The second-order valence-corrected chi connectivity index (χ2v) is 7.14. The zero-order chi connectivity index (χ0) is 20.3. The van der Waals surface area contributed by atoms with Gasteiger partial charge in [-0.3, -0.25) is 14.9 Å². The van der Waals surface area contributed by atoms with E-state index in [-0.39, 0.29) is 18.2 Å². The van der Waals surface area contributed by atoms with Gasteiger partial charge >= 0.3 is 0 Å². The van der Waals surface area contributed by atoms with E-state index in [1.807, 2.05) is 26.0 Å². The van der Waals surface area contributed by atoms with Gasteiger partial charge < -0.3 is 14.5 Å². The maximum absolute atomic E-state index is 12.4. The van der Waals surface area contributed by atoms with Crippen LogP contribution in [0.4, 0.5) is 5.13 Å². The summed E-state index contributed by atoms with van der Waals surface area (Å²) in [5.41, 5.74) is 3.93. The van der Waals surface area contributed by atoms with E-state index < -0.39 is 0 Å². The van der Waals surface area contributed by atoms with E-state index in [0.717, 1.165) is 27.7 Å². The standard InChI is InChI=1S/C20H21N3O4S/c1-11(14-7-15-12(2)9-27-17(15)8-16(14)26-4)5-19(25)23-20-22-13(10-28-20)6-18(24)21-3/h5,7-10H,6H2,1-4H3,(H,21,24)(H,22,23,25)/b11-5+. The smallest absolute Gasteiger partial charge is 0.250 e. The van der Waals surface area contributed by atoms with Crippen LogP contribution in [0.1, 0.15) is 23.7 Å². The quantitative estimate of drug-likeness (QED) is 0.619. The Bertz CT molecular complexity index is 1060. The molecule has 146 valence electrons. The molecule has 0 aliphatic rings. The first-order chi connectivity index (χ1) is 13.4.